The summed E-state index contributed by atoms with van der Waals surface area (Å²) in [5.41, 5.74) is 6.20. The normalized spacial score (nSPS) is 10.1. The van der Waals surface area contributed by atoms with Gasteiger partial charge in [0.05, 0.1) is 20.8 Å². The first-order valence-corrected chi connectivity index (χ1v) is 7.89. The standard InChI is InChI=1S/C15H18N4O4S/c1-22-10-3-9(4-11(5-10)23-2)18-13(20)7-17-15(21)12-8-24-14(6-16)19-12/h3-5,8H,6-7,16H2,1-2H3,(H,17,21)(H,18,20). The van der Waals surface area contributed by atoms with Crippen molar-refractivity contribution in [2.75, 3.05) is 26.1 Å². The largest absolute Gasteiger partial charge is 0.497 e. The van der Waals surface area contributed by atoms with Crippen LogP contribution < -0.4 is 25.8 Å². The summed E-state index contributed by atoms with van der Waals surface area (Å²) < 4.78 is 10.3. The lowest BCUT2D eigenvalue weighted by molar-refractivity contribution is -0.115. The maximum Gasteiger partial charge on any atom is 0.271 e. The first kappa shape index (κ1) is 17.7. The second-order valence-electron chi connectivity index (χ2n) is 4.66. The molecule has 0 bridgehead atoms. The van der Waals surface area contributed by atoms with Crippen LogP contribution in [0.5, 0.6) is 11.5 Å². The van der Waals surface area contributed by atoms with Gasteiger partial charge in [-0.3, -0.25) is 9.59 Å². The molecule has 0 radical (unpaired) electrons. The Bertz CT molecular complexity index is 710. The van der Waals surface area contributed by atoms with Gasteiger partial charge in [0.2, 0.25) is 5.91 Å². The molecule has 0 unspecified atom stereocenters. The van der Waals surface area contributed by atoms with E-state index in [1.807, 2.05) is 0 Å². The number of nitrogens with two attached hydrogens (primary N) is 1. The topological polar surface area (TPSA) is 116 Å². The Morgan fingerprint density at radius 3 is 2.42 bits per heavy atom. The number of ether oxygens (including phenoxy) is 2. The third-order valence-corrected chi connectivity index (χ3v) is 3.87. The van der Waals surface area contributed by atoms with Gasteiger partial charge in [-0.1, -0.05) is 0 Å². The fraction of sp³-hybridized carbons (Fsp3) is 0.267. The second kappa shape index (κ2) is 8.27. The van der Waals surface area contributed by atoms with Crippen LogP contribution in [0.4, 0.5) is 5.69 Å². The summed E-state index contributed by atoms with van der Waals surface area (Å²) in [4.78, 5) is 27.9. The van der Waals surface area contributed by atoms with Crippen molar-refractivity contribution in [2.24, 2.45) is 5.73 Å². The number of nitrogens with one attached hydrogen (secondary N) is 2. The van der Waals surface area contributed by atoms with E-state index >= 15 is 0 Å². The highest BCUT2D eigenvalue weighted by Crippen LogP contribution is 2.25. The van der Waals surface area contributed by atoms with E-state index in [0.717, 1.165) is 0 Å². The summed E-state index contributed by atoms with van der Waals surface area (Å²) in [5, 5.41) is 7.43. The minimum atomic E-state index is -0.427. The molecular weight excluding hydrogens is 332 g/mol. The van der Waals surface area contributed by atoms with E-state index < -0.39 is 5.91 Å². The molecule has 2 rings (SSSR count). The van der Waals surface area contributed by atoms with Crippen LogP contribution >= 0.6 is 11.3 Å². The molecule has 1 heterocycles. The predicted octanol–water partition coefficient (Wildman–Crippen LogP) is 0.987. The zero-order valence-corrected chi connectivity index (χ0v) is 14.1. The Labute approximate surface area is 143 Å². The molecule has 2 amide bonds. The van der Waals surface area contributed by atoms with Crippen molar-refractivity contribution in [3.8, 4) is 11.5 Å². The number of rotatable bonds is 7. The van der Waals surface area contributed by atoms with Gasteiger partial charge in [0, 0.05) is 35.8 Å². The quantitative estimate of drug-likeness (QED) is 0.686. The van der Waals surface area contributed by atoms with E-state index in [2.05, 4.69) is 15.6 Å². The van der Waals surface area contributed by atoms with Crippen LogP contribution in [0.15, 0.2) is 23.6 Å². The first-order valence-electron chi connectivity index (χ1n) is 7.01. The molecule has 0 aliphatic carbocycles. The highest BCUT2D eigenvalue weighted by Gasteiger charge is 2.12. The number of hydrogen-bond acceptors (Lipinski definition) is 7. The lowest BCUT2D eigenvalue weighted by Crippen LogP contribution is -2.33. The predicted molar refractivity (Wildman–Crippen MR) is 90.5 cm³/mol. The zero-order valence-electron chi connectivity index (χ0n) is 13.3. The van der Waals surface area contributed by atoms with Crippen LogP contribution in [-0.4, -0.2) is 37.6 Å². The first-order chi connectivity index (χ1) is 11.5. The molecule has 24 heavy (non-hydrogen) atoms. The molecule has 1 aromatic heterocycles. The van der Waals surface area contributed by atoms with Crippen molar-refractivity contribution in [3.05, 3.63) is 34.3 Å². The number of hydrogen-bond donors (Lipinski definition) is 3. The lowest BCUT2D eigenvalue weighted by atomic mass is 10.2. The SMILES string of the molecule is COc1cc(NC(=O)CNC(=O)c2csc(CN)n2)cc(OC)c1. The van der Waals surface area contributed by atoms with Crippen molar-refractivity contribution in [1.29, 1.82) is 0 Å². The van der Waals surface area contributed by atoms with E-state index in [-0.39, 0.29) is 24.7 Å². The summed E-state index contributed by atoms with van der Waals surface area (Å²) in [5.74, 6) is 0.285. The van der Waals surface area contributed by atoms with Gasteiger partial charge in [0.15, 0.2) is 0 Å². The second-order valence-corrected chi connectivity index (χ2v) is 5.61. The molecule has 1 aromatic carbocycles. The molecule has 0 atom stereocenters. The van der Waals surface area contributed by atoms with E-state index in [9.17, 15) is 9.59 Å². The number of thiazole rings is 1. The number of amides is 2. The van der Waals surface area contributed by atoms with Crippen LogP contribution in [0.3, 0.4) is 0 Å². The third kappa shape index (κ3) is 4.67. The highest BCUT2D eigenvalue weighted by atomic mass is 32.1. The number of anilines is 1. The van der Waals surface area contributed by atoms with Crippen molar-refractivity contribution < 1.29 is 19.1 Å². The fourth-order valence-electron chi connectivity index (χ4n) is 1.84. The summed E-state index contributed by atoms with van der Waals surface area (Å²) >= 11 is 1.30. The lowest BCUT2D eigenvalue weighted by Gasteiger charge is -2.10. The van der Waals surface area contributed by atoms with E-state index in [4.69, 9.17) is 15.2 Å². The number of carbonyl (C=O) groups is 2. The summed E-state index contributed by atoms with van der Waals surface area (Å²) in [6, 6.07) is 4.99. The molecule has 0 spiro atoms. The number of nitrogens with zero attached hydrogens (tertiary/aromatic N) is 1. The van der Waals surface area contributed by atoms with Crippen LogP contribution in [-0.2, 0) is 11.3 Å². The van der Waals surface area contributed by atoms with Gasteiger partial charge in [-0.15, -0.1) is 11.3 Å². The van der Waals surface area contributed by atoms with Crippen molar-refractivity contribution >= 4 is 28.8 Å². The molecule has 0 aliphatic rings. The number of benzene rings is 1. The average Bonchev–Trinajstić information content (AvgIpc) is 3.08. The van der Waals surface area contributed by atoms with Gasteiger partial charge in [-0.05, 0) is 0 Å². The van der Waals surface area contributed by atoms with Gasteiger partial charge < -0.3 is 25.8 Å². The minimum Gasteiger partial charge on any atom is -0.497 e. The van der Waals surface area contributed by atoms with Crippen LogP contribution in [0.25, 0.3) is 0 Å². The Kier molecular flexibility index (Phi) is 6.10. The minimum absolute atomic E-state index is 0.187. The molecule has 0 aliphatic heterocycles. The van der Waals surface area contributed by atoms with Gasteiger partial charge in [0.25, 0.3) is 5.91 Å². The molecule has 0 saturated carbocycles. The number of aromatic nitrogens is 1. The summed E-state index contributed by atoms with van der Waals surface area (Å²) in [6.07, 6.45) is 0. The highest BCUT2D eigenvalue weighted by molar-refractivity contribution is 7.09. The fourth-order valence-corrected chi connectivity index (χ4v) is 2.50. The molecule has 0 saturated heterocycles. The van der Waals surface area contributed by atoms with Crippen molar-refractivity contribution in [2.45, 2.75) is 6.54 Å². The Balaban J connectivity index is 1.92. The smallest absolute Gasteiger partial charge is 0.271 e. The van der Waals surface area contributed by atoms with E-state index in [0.29, 0.717) is 22.2 Å². The Morgan fingerprint density at radius 1 is 1.21 bits per heavy atom. The molecule has 9 heteroatoms. The Morgan fingerprint density at radius 2 is 1.88 bits per heavy atom. The van der Waals surface area contributed by atoms with Crippen LogP contribution in [0.1, 0.15) is 15.5 Å². The molecule has 0 fully saturated rings. The monoisotopic (exact) mass is 350 g/mol. The molecule has 2 aromatic rings. The average molecular weight is 350 g/mol. The van der Waals surface area contributed by atoms with Gasteiger partial charge in [0.1, 0.15) is 22.2 Å². The third-order valence-electron chi connectivity index (χ3n) is 3.00. The molecule has 8 nitrogen and oxygen atoms in total. The van der Waals surface area contributed by atoms with Crippen LogP contribution in [0, 0.1) is 0 Å². The maximum absolute atomic E-state index is 12.0. The Hall–Kier alpha value is -2.65. The maximum atomic E-state index is 12.0. The molecule has 128 valence electrons. The van der Waals surface area contributed by atoms with Crippen molar-refractivity contribution in [3.63, 3.8) is 0 Å². The van der Waals surface area contributed by atoms with Crippen LogP contribution in [0.2, 0.25) is 0 Å². The molecule has 4 N–H and O–H groups in total. The summed E-state index contributed by atoms with van der Waals surface area (Å²) in [6.45, 7) is 0.0873. The molecular formula is C15H18N4O4S. The number of carbonyl (C=O) groups excluding carboxylic acids is 2. The van der Waals surface area contributed by atoms with E-state index in [1.54, 1.807) is 23.6 Å². The van der Waals surface area contributed by atoms with Crippen molar-refractivity contribution in [1.82, 2.24) is 10.3 Å². The van der Waals surface area contributed by atoms with Gasteiger partial charge in [-0.25, -0.2) is 4.98 Å². The van der Waals surface area contributed by atoms with E-state index in [1.165, 1.54) is 25.6 Å². The summed E-state index contributed by atoms with van der Waals surface area (Å²) in [7, 11) is 3.04. The van der Waals surface area contributed by atoms with Gasteiger partial charge >= 0.3 is 0 Å². The number of methoxy groups -OCH3 is 2. The van der Waals surface area contributed by atoms with Gasteiger partial charge in [-0.2, -0.15) is 0 Å². The zero-order chi connectivity index (χ0) is 17.5.